The number of aromatic nitrogens is 2. The van der Waals surface area contributed by atoms with Gasteiger partial charge >= 0.3 is 0 Å². The standard InChI is InChI=1S/C18H22N4O2S/c1-22(18-16-3-2-4-17(16)20-11-21-18)14-5-13(6-14)10-25(23,24)15-7-12(8-15)9-19/h2-3,11-15H,4-8,10H2,1H3. The van der Waals surface area contributed by atoms with Gasteiger partial charge in [-0.05, 0) is 31.6 Å². The van der Waals surface area contributed by atoms with Gasteiger partial charge in [0.15, 0.2) is 9.84 Å². The molecule has 7 heteroatoms. The molecular weight excluding hydrogens is 336 g/mol. The van der Waals surface area contributed by atoms with Crippen LogP contribution < -0.4 is 4.90 Å². The van der Waals surface area contributed by atoms with Crippen molar-refractivity contribution >= 4 is 21.7 Å². The van der Waals surface area contributed by atoms with Crippen LogP contribution in [0.4, 0.5) is 5.82 Å². The Morgan fingerprint density at radius 1 is 1.28 bits per heavy atom. The van der Waals surface area contributed by atoms with Crippen LogP contribution in [-0.2, 0) is 16.3 Å². The van der Waals surface area contributed by atoms with Crippen molar-refractivity contribution in [2.24, 2.45) is 11.8 Å². The third-order valence-electron chi connectivity index (χ3n) is 5.89. The van der Waals surface area contributed by atoms with Crippen molar-refractivity contribution in [3.63, 3.8) is 0 Å². The molecule has 4 rings (SSSR count). The molecule has 0 aliphatic heterocycles. The minimum absolute atomic E-state index is 0.0621. The summed E-state index contributed by atoms with van der Waals surface area (Å²) in [4.78, 5) is 10.9. The lowest BCUT2D eigenvalue weighted by Crippen LogP contribution is -2.47. The molecule has 0 bridgehead atoms. The maximum Gasteiger partial charge on any atom is 0.153 e. The Morgan fingerprint density at radius 2 is 2.04 bits per heavy atom. The Morgan fingerprint density at radius 3 is 2.76 bits per heavy atom. The molecule has 2 fully saturated rings. The van der Waals surface area contributed by atoms with E-state index in [1.165, 1.54) is 0 Å². The molecule has 0 spiro atoms. The van der Waals surface area contributed by atoms with Gasteiger partial charge in [0.1, 0.15) is 12.1 Å². The zero-order chi connectivity index (χ0) is 17.6. The molecule has 0 atom stereocenters. The molecule has 1 aromatic heterocycles. The molecule has 0 aromatic carbocycles. The molecule has 25 heavy (non-hydrogen) atoms. The molecule has 0 saturated heterocycles. The van der Waals surface area contributed by atoms with Crippen molar-refractivity contribution in [3.8, 4) is 6.07 Å². The summed E-state index contributed by atoms with van der Waals surface area (Å²) in [5, 5.41) is 8.53. The largest absolute Gasteiger partial charge is 0.356 e. The Hall–Kier alpha value is -1.94. The van der Waals surface area contributed by atoms with Crippen LogP contribution in [0.15, 0.2) is 12.4 Å². The van der Waals surface area contributed by atoms with E-state index in [2.05, 4.69) is 33.1 Å². The van der Waals surface area contributed by atoms with Gasteiger partial charge in [0.2, 0.25) is 0 Å². The van der Waals surface area contributed by atoms with Crippen LogP contribution in [-0.4, -0.2) is 42.5 Å². The van der Waals surface area contributed by atoms with Gasteiger partial charge in [-0.25, -0.2) is 18.4 Å². The fraction of sp³-hybridized carbons (Fsp3) is 0.611. The third-order valence-corrected chi connectivity index (χ3v) is 8.22. The number of sulfone groups is 1. The predicted molar refractivity (Wildman–Crippen MR) is 95.6 cm³/mol. The van der Waals surface area contributed by atoms with E-state index < -0.39 is 9.84 Å². The van der Waals surface area contributed by atoms with Gasteiger partial charge in [-0.1, -0.05) is 12.2 Å². The highest BCUT2D eigenvalue weighted by atomic mass is 32.2. The lowest BCUT2D eigenvalue weighted by Gasteiger charge is -2.43. The summed E-state index contributed by atoms with van der Waals surface area (Å²) in [5.74, 6) is 1.37. The number of rotatable bonds is 5. The van der Waals surface area contributed by atoms with E-state index in [1.54, 1.807) is 6.33 Å². The molecule has 1 aromatic rings. The van der Waals surface area contributed by atoms with E-state index in [0.29, 0.717) is 18.9 Å². The van der Waals surface area contributed by atoms with E-state index in [1.807, 2.05) is 7.05 Å². The molecule has 0 amide bonds. The first kappa shape index (κ1) is 16.5. The summed E-state index contributed by atoms with van der Waals surface area (Å²) in [6.07, 6.45) is 9.45. The van der Waals surface area contributed by atoms with Crippen LogP contribution in [0.25, 0.3) is 6.08 Å². The minimum atomic E-state index is -3.06. The van der Waals surface area contributed by atoms with Crippen LogP contribution >= 0.6 is 0 Å². The van der Waals surface area contributed by atoms with Gasteiger partial charge in [0.05, 0.1) is 22.8 Å². The number of allylic oxidation sites excluding steroid dienone is 1. The highest BCUT2D eigenvalue weighted by Gasteiger charge is 2.43. The van der Waals surface area contributed by atoms with Crippen molar-refractivity contribution in [3.05, 3.63) is 23.7 Å². The zero-order valence-corrected chi connectivity index (χ0v) is 15.1. The van der Waals surface area contributed by atoms with Gasteiger partial charge in [-0.15, -0.1) is 0 Å². The Kier molecular flexibility index (Phi) is 4.03. The molecule has 2 saturated carbocycles. The predicted octanol–water partition coefficient (Wildman–Crippen LogP) is 1.98. The van der Waals surface area contributed by atoms with Crippen LogP contribution in [0.5, 0.6) is 0 Å². The second-order valence-electron chi connectivity index (χ2n) is 7.52. The van der Waals surface area contributed by atoms with Gasteiger partial charge < -0.3 is 4.90 Å². The maximum absolute atomic E-state index is 12.4. The summed E-state index contributed by atoms with van der Waals surface area (Å²) in [5.41, 5.74) is 2.16. The molecule has 132 valence electrons. The van der Waals surface area contributed by atoms with Crippen molar-refractivity contribution in [1.82, 2.24) is 9.97 Å². The Bertz CT molecular complexity index is 846. The minimum Gasteiger partial charge on any atom is -0.356 e. The molecule has 0 radical (unpaired) electrons. The smallest absolute Gasteiger partial charge is 0.153 e. The summed E-state index contributed by atoms with van der Waals surface area (Å²) in [6, 6.07) is 2.49. The molecule has 3 aliphatic carbocycles. The quantitative estimate of drug-likeness (QED) is 0.800. The average molecular weight is 358 g/mol. The highest BCUT2D eigenvalue weighted by Crippen LogP contribution is 2.39. The molecule has 0 N–H and O–H groups in total. The number of hydrogen-bond donors (Lipinski definition) is 0. The fourth-order valence-corrected chi connectivity index (χ4v) is 6.33. The lowest BCUT2D eigenvalue weighted by atomic mass is 9.80. The van der Waals surface area contributed by atoms with E-state index >= 15 is 0 Å². The summed E-state index contributed by atoms with van der Waals surface area (Å²) >= 11 is 0. The third kappa shape index (κ3) is 2.93. The lowest BCUT2D eigenvalue weighted by molar-refractivity contribution is 0.279. The topological polar surface area (TPSA) is 87.0 Å². The van der Waals surface area contributed by atoms with Crippen molar-refractivity contribution in [2.45, 2.75) is 43.4 Å². The second-order valence-corrected chi connectivity index (χ2v) is 9.84. The molecular formula is C18H22N4O2S. The number of nitrogens with zero attached hydrogens (tertiary/aromatic N) is 4. The average Bonchev–Trinajstić information content (AvgIpc) is 2.97. The zero-order valence-electron chi connectivity index (χ0n) is 14.3. The number of fused-ring (bicyclic) bond motifs is 1. The molecule has 6 nitrogen and oxygen atoms in total. The molecule has 3 aliphatic rings. The number of nitriles is 1. The van der Waals surface area contributed by atoms with E-state index in [4.69, 9.17) is 5.26 Å². The normalized spacial score (nSPS) is 30.1. The second kappa shape index (κ2) is 6.10. The molecule has 0 unspecified atom stereocenters. The summed E-state index contributed by atoms with van der Waals surface area (Å²) < 4.78 is 24.8. The van der Waals surface area contributed by atoms with Gasteiger partial charge in [-0.3, -0.25) is 0 Å². The van der Waals surface area contributed by atoms with Gasteiger partial charge in [-0.2, -0.15) is 5.26 Å². The van der Waals surface area contributed by atoms with Gasteiger partial charge in [0, 0.05) is 31.0 Å². The highest BCUT2D eigenvalue weighted by molar-refractivity contribution is 7.92. The van der Waals surface area contributed by atoms with Crippen LogP contribution in [0, 0.1) is 23.2 Å². The SMILES string of the molecule is CN(c1ncnc2c1C=CC2)C1CC(CS(=O)(=O)C2CC(C#N)C2)C1. The van der Waals surface area contributed by atoms with E-state index in [0.717, 1.165) is 36.3 Å². The summed E-state index contributed by atoms with van der Waals surface area (Å²) in [6.45, 7) is 0. The van der Waals surface area contributed by atoms with Crippen LogP contribution in [0.3, 0.4) is 0 Å². The maximum atomic E-state index is 12.4. The summed E-state index contributed by atoms with van der Waals surface area (Å²) in [7, 11) is -1.02. The van der Waals surface area contributed by atoms with E-state index in [9.17, 15) is 8.42 Å². The Labute approximate surface area is 148 Å². The monoisotopic (exact) mass is 358 g/mol. The molecule has 1 heterocycles. The van der Waals surface area contributed by atoms with Crippen molar-refractivity contribution in [2.75, 3.05) is 17.7 Å². The van der Waals surface area contributed by atoms with Gasteiger partial charge in [0.25, 0.3) is 0 Å². The first-order chi connectivity index (χ1) is 12.0. The van der Waals surface area contributed by atoms with Crippen LogP contribution in [0.1, 0.15) is 36.9 Å². The first-order valence-corrected chi connectivity index (χ1v) is 10.5. The van der Waals surface area contributed by atoms with Crippen molar-refractivity contribution < 1.29 is 8.42 Å². The van der Waals surface area contributed by atoms with Crippen molar-refractivity contribution in [1.29, 1.82) is 5.26 Å². The van der Waals surface area contributed by atoms with E-state index in [-0.39, 0.29) is 22.8 Å². The van der Waals surface area contributed by atoms with Crippen LogP contribution in [0.2, 0.25) is 0 Å². The Balaban J connectivity index is 1.34. The first-order valence-electron chi connectivity index (χ1n) is 8.82. The number of hydrogen-bond acceptors (Lipinski definition) is 6. The number of anilines is 1. The fourth-order valence-electron chi connectivity index (χ4n) is 4.08.